The first-order chi connectivity index (χ1) is 13.4. The second-order valence-corrected chi connectivity index (χ2v) is 7.00. The summed E-state index contributed by atoms with van der Waals surface area (Å²) in [7, 11) is 3.07. The van der Waals surface area contributed by atoms with Gasteiger partial charge in [-0.05, 0) is 60.7 Å². The third kappa shape index (κ3) is 4.12. The summed E-state index contributed by atoms with van der Waals surface area (Å²) >= 11 is 0.840. The van der Waals surface area contributed by atoms with Crippen LogP contribution >= 0.6 is 11.8 Å². The van der Waals surface area contributed by atoms with Crippen LogP contribution < -0.4 is 14.8 Å². The lowest BCUT2D eigenvalue weighted by molar-refractivity contribution is -0.122. The number of methoxy groups -OCH3 is 2. The number of imide groups is 1. The van der Waals surface area contributed by atoms with Gasteiger partial charge in [0.25, 0.3) is 11.1 Å². The average Bonchev–Trinajstić information content (AvgIpc) is 2.95. The van der Waals surface area contributed by atoms with Crippen LogP contribution in [0, 0.1) is 12.7 Å². The molecule has 0 bridgehead atoms. The number of ether oxygens (including phenoxy) is 2. The Kier molecular flexibility index (Phi) is 5.89. The van der Waals surface area contributed by atoms with Gasteiger partial charge in [0.1, 0.15) is 17.3 Å². The number of rotatable bonds is 6. The number of carbonyl (C=O) groups excluding carboxylic acids is 2. The highest BCUT2D eigenvalue weighted by atomic mass is 32.2. The summed E-state index contributed by atoms with van der Waals surface area (Å²) in [6.45, 7) is 1.76. The number of thioether (sulfide) groups is 1. The quantitative estimate of drug-likeness (QED) is 0.729. The summed E-state index contributed by atoms with van der Waals surface area (Å²) in [5.74, 6) is 0.337. The first-order valence-corrected chi connectivity index (χ1v) is 9.22. The fourth-order valence-electron chi connectivity index (χ4n) is 2.68. The molecule has 0 saturated carbocycles. The van der Waals surface area contributed by atoms with Crippen LogP contribution in [0.3, 0.4) is 0 Å². The van der Waals surface area contributed by atoms with E-state index in [1.54, 1.807) is 37.5 Å². The monoisotopic (exact) mass is 402 g/mol. The number of halogens is 1. The van der Waals surface area contributed by atoms with Crippen molar-refractivity contribution in [1.29, 1.82) is 0 Å². The van der Waals surface area contributed by atoms with Crippen molar-refractivity contribution in [3.8, 4) is 11.5 Å². The Morgan fingerprint density at radius 1 is 1.14 bits per heavy atom. The molecule has 28 heavy (non-hydrogen) atoms. The highest BCUT2D eigenvalue weighted by Crippen LogP contribution is 2.35. The predicted octanol–water partition coefficient (Wildman–Crippen LogP) is 4.26. The molecule has 2 aromatic rings. The van der Waals surface area contributed by atoms with Crippen molar-refractivity contribution in [2.45, 2.75) is 6.92 Å². The normalized spacial score (nSPS) is 15.3. The fraction of sp³-hybridized carbons (Fsp3) is 0.200. The minimum absolute atomic E-state index is 0.0540. The Morgan fingerprint density at radius 3 is 2.64 bits per heavy atom. The van der Waals surface area contributed by atoms with Crippen molar-refractivity contribution in [2.75, 3.05) is 26.2 Å². The first-order valence-electron chi connectivity index (χ1n) is 8.40. The fourth-order valence-corrected chi connectivity index (χ4v) is 3.51. The van der Waals surface area contributed by atoms with Crippen molar-refractivity contribution >= 4 is 34.7 Å². The summed E-state index contributed by atoms with van der Waals surface area (Å²) < 4.78 is 23.9. The smallest absolute Gasteiger partial charge is 0.295 e. The minimum Gasteiger partial charge on any atom is -0.497 e. The summed E-state index contributed by atoms with van der Waals surface area (Å²) in [5.41, 5.74) is 1.96. The Hall–Kier alpha value is -3.00. The van der Waals surface area contributed by atoms with Gasteiger partial charge in [-0.1, -0.05) is 6.07 Å². The van der Waals surface area contributed by atoms with Gasteiger partial charge in [0.15, 0.2) is 0 Å². The maximum Gasteiger partial charge on any atom is 0.295 e. The van der Waals surface area contributed by atoms with E-state index in [2.05, 4.69) is 5.32 Å². The maximum absolute atomic E-state index is 13.4. The van der Waals surface area contributed by atoms with Gasteiger partial charge in [-0.2, -0.15) is 0 Å². The molecule has 3 rings (SSSR count). The predicted molar refractivity (Wildman–Crippen MR) is 107 cm³/mol. The van der Waals surface area contributed by atoms with E-state index in [9.17, 15) is 14.0 Å². The zero-order valence-corrected chi connectivity index (χ0v) is 16.4. The van der Waals surface area contributed by atoms with E-state index in [0.717, 1.165) is 22.2 Å². The molecular formula is C20H19FN2O4S. The molecule has 2 amide bonds. The molecule has 1 saturated heterocycles. The van der Waals surface area contributed by atoms with Crippen molar-refractivity contribution in [3.05, 3.63) is 58.2 Å². The molecule has 1 heterocycles. The molecule has 1 aliphatic rings. The van der Waals surface area contributed by atoms with Crippen molar-refractivity contribution in [2.24, 2.45) is 0 Å². The number of aryl methyl sites for hydroxylation is 1. The van der Waals surface area contributed by atoms with Gasteiger partial charge in [-0.3, -0.25) is 14.5 Å². The van der Waals surface area contributed by atoms with E-state index in [0.29, 0.717) is 22.7 Å². The van der Waals surface area contributed by atoms with Crippen LogP contribution in [-0.2, 0) is 4.79 Å². The molecule has 8 heteroatoms. The van der Waals surface area contributed by atoms with E-state index < -0.39 is 17.0 Å². The molecule has 1 aliphatic heterocycles. The van der Waals surface area contributed by atoms with Crippen molar-refractivity contribution in [3.63, 3.8) is 0 Å². The molecule has 6 nitrogen and oxygen atoms in total. The highest BCUT2D eigenvalue weighted by Gasteiger charge is 2.35. The zero-order valence-electron chi connectivity index (χ0n) is 15.6. The number of nitrogens with one attached hydrogen (secondary N) is 1. The van der Waals surface area contributed by atoms with Gasteiger partial charge in [-0.25, -0.2) is 4.39 Å². The van der Waals surface area contributed by atoms with Crippen molar-refractivity contribution in [1.82, 2.24) is 4.90 Å². The second kappa shape index (κ2) is 8.35. The Balaban J connectivity index is 1.80. The van der Waals surface area contributed by atoms with Gasteiger partial charge >= 0.3 is 0 Å². The summed E-state index contributed by atoms with van der Waals surface area (Å²) in [6, 6.07) is 9.49. The molecule has 1 N–H and O–H groups in total. The first kappa shape index (κ1) is 19.8. The van der Waals surface area contributed by atoms with E-state index >= 15 is 0 Å². The standard InChI is InChI=1S/C20H19FN2O4S/c1-12-4-5-14(21)10-16(12)22-11-23-19(24)18(28-20(23)25)9-13-8-15(26-2)6-7-17(13)27-3/h4-10,22H,11H2,1-3H3/b18-9+. The molecule has 2 aromatic carbocycles. The summed E-state index contributed by atoms with van der Waals surface area (Å²) in [4.78, 5) is 26.3. The topological polar surface area (TPSA) is 67.9 Å². The van der Waals surface area contributed by atoms with Gasteiger partial charge in [-0.15, -0.1) is 0 Å². The third-order valence-corrected chi connectivity index (χ3v) is 5.13. The number of hydrogen-bond acceptors (Lipinski definition) is 6. The third-order valence-electron chi connectivity index (χ3n) is 4.22. The number of anilines is 1. The second-order valence-electron chi connectivity index (χ2n) is 6.01. The SMILES string of the molecule is COc1ccc(OC)c(/C=C2/SC(=O)N(CNc3cc(F)ccc3C)C2=O)c1. The van der Waals surface area contributed by atoms with E-state index in [1.807, 2.05) is 6.92 Å². The molecule has 1 fully saturated rings. The van der Waals surface area contributed by atoms with E-state index in [1.165, 1.54) is 19.2 Å². The number of carbonyl (C=O) groups is 2. The van der Waals surface area contributed by atoms with Crippen LogP contribution in [-0.4, -0.2) is 36.9 Å². The largest absolute Gasteiger partial charge is 0.497 e. The molecule has 0 aliphatic carbocycles. The number of hydrogen-bond donors (Lipinski definition) is 1. The Bertz CT molecular complexity index is 961. The molecule has 0 atom stereocenters. The zero-order chi connectivity index (χ0) is 20.3. The molecular weight excluding hydrogens is 383 g/mol. The van der Waals surface area contributed by atoms with Crippen LogP contribution in [0.1, 0.15) is 11.1 Å². The molecule has 0 spiro atoms. The van der Waals surface area contributed by atoms with Gasteiger partial charge in [0, 0.05) is 11.3 Å². The van der Waals surface area contributed by atoms with Gasteiger partial charge in [0.05, 0.1) is 25.8 Å². The number of nitrogens with zero attached hydrogens (tertiary/aromatic N) is 1. The average molecular weight is 402 g/mol. The molecule has 146 valence electrons. The Morgan fingerprint density at radius 2 is 1.93 bits per heavy atom. The van der Waals surface area contributed by atoms with Gasteiger partial charge < -0.3 is 14.8 Å². The molecule has 0 radical (unpaired) electrons. The molecule has 0 aromatic heterocycles. The lowest BCUT2D eigenvalue weighted by Crippen LogP contribution is -2.33. The van der Waals surface area contributed by atoms with E-state index in [4.69, 9.17) is 9.47 Å². The summed E-state index contributed by atoms with van der Waals surface area (Å²) in [6.07, 6.45) is 1.60. The van der Waals surface area contributed by atoms with Gasteiger partial charge in [0.2, 0.25) is 0 Å². The van der Waals surface area contributed by atoms with Crippen LogP contribution in [0.2, 0.25) is 0 Å². The van der Waals surface area contributed by atoms with Crippen LogP contribution in [0.4, 0.5) is 14.9 Å². The Labute approximate surface area is 166 Å². The number of amides is 2. The van der Waals surface area contributed by atoms with Crippen LogP contribution in [0.5, 0.6) is 11.5 Å². The molecule has 0 unspecified atom stereocenters. The van der Waals surface area contributed by atoms with E-state index in [-0.39, 0.29) is 11.6 Å². The number of benzene rings is 2. The summed E-state index contributed by atoms with van der Waals surface area (Å²) in [5, 5.41) is 2.54. The maximum atomic E-state index is 13.4. The van der Waals surface area contributed by atoms with Crippen LogP contribution in [0.15, 0.2) is 41.3 Å². The lowest BCUT2D eigenvalue weighted by atomic mass is 10.1. The van der Waals surface area contributed by atoms with Crippen LogP contribution in [0.25, 0.3) is 6.08 Å². The lowest BCUT2D eigenvalue weighted by Gasteiger charge is -2.16. The van der Waals surface area contributed by atoms with Crippen molar-refractivity contribution < 1.29 is 23.5 Å². The minimum atomic E-state index is -0.429. The highest BCUT2D eigenvalue weighted by molar-refractivity contribution is 8.18.